The van der Waals surface area contributed by atoms with Crippen LogP contribution in [0.5, 0.6) is 5.75 Å². The largest absolute Gasteiger partial charge is 0.496 e. The van der Waals surface area contributed by atoms with E-state index in [1.54, 1.807) is 7.11 Å². The van der Waals surface area contributed by atoms with Gasteiger partial charge in [-0.1, -0.05) is 12.1 Å². The average Bonchev–Trinajstić information content (AvgIpc) is 2.98. The summed E-state index contributed by atoms with van der Waals surface area (Å²) in [6.45, 7) is 3.93. The van der Waals surface area contributed by atoms with Crippen molar-refractivity contribution in [1.82, 2.24) is 4.90 Å². The molecule has 2 N–H and O–H groups in total. The lowest BCUT2D eigenvalue weighted by atomic mass is 9.93. The molecule has 0 aromatic heterocycles. The van der Waals surface area contributed by atoms with Crippen molar-refractivity contribution >= 4 is 0 Å². The third kappa shape index (κ3) is 2.68. The lowest BCUT2D eigenvalue weighted by molar-refractivity contribution is -0.0346. The summed E-state index contributed by atoms with van der Waals surface area (Å²) in [5.41, 5.74) is 8.38. The lowest BCUT2D eigenvalue weighted by Gasteiger charge is -2.34. The zero-order chi connectivity index (χ0) is 13.9. The summed E-state index contributed by atoms with van der Waals surface area (Å²) in [5.74, 6) is 0.968. The van der Waals surface area contributed by atoms with Crippen LogP contribution in [0.15, 0.2) is 18.2 Å². The molecule has 0 saturated carbocycles. The van der Waals surface area contributed by atoms with Crippen molar-refractivity contribution in [3.63, 3.8) is 0 Å². The molecule has 2 heterocycles. The molecule has 2 aliphatic rings. The first-order chi connectivity index (χ1) is 9.81. The Morgan fingerprint density at radius 1 is 1.35 bits per heavy atom. The molecule has 1 aromatic carbocycles. The molecule has 0 spiro atoms. The van der Waals surface area contributed by atoms with Gasteiger partial charge in [-0.05, 0) is 37.6 Å². The molecule has 0 bridgehead atoms. The highest BCUT2D eigenvalue weighted by Gasteiger charge is 2.30. The Morgan fingerprint density at radius 2 is 2.15 bits per heavy atom. The summed E-state index contributed by atoms with van der Waals surface area (Å²) in [5, 5.41) is 0. The van der Waals surface area contributed by atoms with Crippen molar-refractivity contribution in [2.24, 2.45) is 5.73 Å². The molecule has 4 nitrogen and oxygen atoms in total. The number of benzene rings is 1. The average molecular weight is 276 g/mol. The van der Waals surface area contributed by atoms with Crippen LogP contribution in [0.3, 0.4) is 0 Å². The second kappa shape index (κ2) is 6.12. The zero-order valence-corrected chi connectivity index (χ0v) is 12.2. The van der Waals surface area contributed by atoms with Crippen LogP contribution in [0.4, 0.5) is 0 Å². The van der Waals surface area contributed by atoms with Gasteiger partial charge in [-0.25, -0.2) is 0 Å². The molecular formula is C16H24N2O2. The van der Waals surface area contributed by atoms with Crippen LogP contribution in [0.2, 0.25) is 0 Å². The highest BCUT2D eigenvalue weighted by atomic mass is 16.5. The van der Waals surface area contributed by atoms with E-state index in [-0.39, 0.29) is 12.2 Å². The zero-order valence-electron chi connectivity index (χ0n) is 12.2. The molecule has 0 unspecified atom stereocenters. The standard InChI is InChI=1S/C16H24N2O2/c1-19-15-6-4-5-13-14(15)9-12(20-16(13)10-17)11-18-7-2-3-8-18/h4-6,12,16H,2-3,7-11,17H2,1H3/t12-,16-/m0/s1. The Balaban J connectivity index is 1.80. The van der Waals surface area contributed by atoms with Gasteiger partial charge in [-0.3, -0.25) is 0 Å². The van der Waals surface area contributed by atoms with Gasteiger partial charge in [0.05, 0.1) is 19.3 Å². The van der Waals surface area contributed by atoms with Gasteiger partial charge in [-0.2, -0.15) is 0 Å². The summed E-state index contributed by atoms with van der Waals surface area (Å²) in [7, 11) is 1.73. The molecule has 2 atom stereocenters. The maximum Gasteiger partial charge on any atom is 0.122 e. The minimum atomic E-state index is 0.00135. The van der Waals surface area contributed by atoms with E-state index >= 15 is 0 Å². The molecule has 3 rings (SSSR count). The topological polar surface area (TPSA) is 47.7 Å². The molecule has 110 valence electrons. The van der Waals surface area contributed by atoms with Crippen LogP contribution in [0, 0.1) is 0 Å². The highest BCUT2D eigenvalue weighted by molar-refractivity contribution is 5.43. The van der Waals surface area contributed by atoms with Crippen LogP contribution < -0.4 is 10.5 Å². The van der Waals surface area contributed by atoms with Gasteiger partial charge < -0.3 is 20.1 Å². The van der Waals surface area contributed by atoms with Crippen molar-refractivity contribution in [3.05, 3.63) is 29.3 Å². The number of rotatable bonds is 4. The summed E-state index contributed by atoms with van der Waals surface area (Å²) < 4.78 is 11.7. The maximum absolute atomic E-state index is 6.20. The minimum absolute atomic E-state index is 0.00135. The Morgan fingerprint density at radius 3 is 2.85 bits per heavy atom. The van der Waals surface area contributed by atoms with Crippen molar-refractivity contribution in [2.75, 3.05) is 33.3 Å². The van der Waals surface area contributed by atoms with Crippen LogP contribution in [0.25, 0.3) is 0 Å². The fourth-order valence-electron chi connectivity index (χ4n) is 3.42. The number of nitrogens with zero attached hydrogens (tertiary/aromatic N) is 1. The second-order valence-corrected chi connectivity index (χ2v) is 5.72. The van der Waals surface area contributed by atoms with E-state index < -0.39 is 0 Å². The Hall–Kier alpha value is -1.10. The molecule has 20 heavy (non-hydrogen) atoms. The van der Waals surface area contributed by atoms with Gasteiger partial charge in [0.15, 0.2) is 0 Å². The van der Waals surface area contributed by atoms with Crippen molar-refractivity contribution in [1.29, 1.82) is 0 Å². The fraction of sp³-hybridized carbons (Fsp3) is 0.625. The van der Waals surface area contributed by atoms with E-state index in [2.05, 4.69) is 11.0 Å². The van der Waals surface area contributed by atoms with Crippen molar-refractivity contribution < 1.29 is 9.47 Å². The Kier molecular flexibility index (Phi) is 4.24. The van der Waals surface area contributed by atoms with E-state index in [0.29, 0.717) is 6.54 Å². The molecule has 1 fully saturated rings. The van der Waals surface area contributed by atoms with Gasteiger partial charge >= 0.3 is 0 Å². The van der Waals surface area contributed by atoms with Gasteiger partial charge in [0, 0.05) is 25.1 Å². The molecule has 0 aliphatic carbocycles. The first-order valence-electron chi connectivity index (χ1n) is 7.55. The van der Waals surface area contributed by atoms with E-state index in [1.165, 1.54) is 37.1 Å². The molecular weight excluding hydrogens is 252 g/mol. The van der Waals surface area contributed by atoms with Crippen LogP contribution in [-0.4, -0.2) is 44.3 Å². The second-order valence-electron chi connectivity index (χ2n) is 5.72. The van der Waals surface area contributed by atoms with Gasteiger partial charge in [0.25, 0.3) is 0 Å². The number of hydrogen-bond acceptors (Lipinski definition) is 4. The van der Waals surface area contributed by atoms with E-state index in [0.717, 1.165) is 18.7 Å². The fourth-order valence-corrected chi connectivity index (χ4v) is 3.42. The summed E-state index contributed by atoms with van der Waals surface area (Å²) >= 11 is 0. The molecule has 1 aromatic rings. The molecule has 1 saturated heterocycles. The number of fused-ring (bicyclic) bond motifs is 1. The predicted octanol–water partition coefficient (Wildman–Crippen LogP) is 1.73. The maximum atomic E-state index is 6.20. The number of nitrogens with two attached hydrogens (primary N) is 1. The third-order valence-corrected chi connectivity index (χ3v) is 4.40. The predicted molar refractivity (Wildman–Crippen MR) is 79.0 cm³/mol. The van der Waals surface area contributed by atoms with Gasteiger partial charge in [0.1, 0.15) is 5.75 Å². The smallest absolute Gasteiger partial charge is 0.122 e. The first-order valence-corrected chi connectivity index (χ1v) is 7.55. The van der Waals surface area contributed by atoms with Crippen molar-refractivity contribution in [2.45, 2.75) is 31.5 Å². The van der Waals surface area contributed by atoms with E-state index in [1.807, 2.05) is 12.1 Å². The van der Waals surface area contributed by atoms with Crippen LogP contribution >= 0.6 is 0 Å². The molecule has 0 radical (unpaired) electrons. The van der Waals surface area contributed by atoms with Crippen LogP contribution in [-0.2, 0) is 11.2 Å². The Bertz CT molecular complexity index is 458. The Labute approximate surface area is 120 Å². The molecule has 2 aliphatic heterocycles. The van der Waals surface area contributed by atoms with E-state index in [4.69, 9.17) is 15.2 Å². The number of hydrogen-bond donors (Lipinski definition) is 1. The summed E-state index contributed by atoms with van der Waals surface area (Å²) in [6, 6.07) is 6.16. The van der Waals surface area contributed by atoms with Crippen molar-refractivity contribution in [3.8, 4) is 5.75 Å². The quantitative estimate of drug-likeness (QED) is 0.910. The number of ether oxygens (including phenoxy) is 2. The number of likely N-dealkylation sites (tertiary alicyclic amines) is 1. The summed E-state index contributed by atoms with van der Waals surface area (Å²) in [6.07, 6.45) is 3.78. The van der Waals surface area contributed by atoms with Crippen LogP contribution in [0.1, 0.15) is 30.1 Å². The molecule has 4 heteroatoms. The highest BCUT2D eigenvalue weighted by Crippen LogP contribution is 2.35. The SMILES string of the molecule is COc1cccc2c1C[C@@H](CN1CCCC1)O[C@H]2CN. The van der Waals surface area contributed by atoms with E-state index in [9.17, 15) is 0 Å². The van der Waals surface area contributed by atoms with Gasteiger partial charge in [0.2, 0.25) is 0 Å². The third-order valence-electron chi connectivity index (χ3n) is 4.40. The lowest BCUT2D eigenvalue weighted by Crippen LogP contribution is -2.38. The normalized spacial score (nSPS) is 26.5. The molecule has 0 amide bonds. The minimum Gasteiger partial charge on any atom is -0.496 e. The number of methoxy groups -OCH3 is 1. The van der Waals surface area contributed by atoms with Gasteiger partial charge in [-0.15, -0.1) is 0 Å². The first kappa shape index (κ1) is 13.9. The summed E-state index contributed by atoms with van der Waals surface area (Å²) in [4.78, 5) is 2.50. The monoisotopic (exact) mass is 276 g/mol.